The van der Waals surface area contributed by atoms with Gasteiger partial charge in [0.05, 0.1) is 12.6 Å². The van der Waals surface area contributed by atoms with E-state index < -0.39 is 6.04 Å². The van der Waals surface area contributed by atoms with Gasteiger partial charge in [-0.1, -0.05) is 13.8 Å². The van der Waals surface area contributed by atoms with Crippen molar-refractivity contribution in [2.24, 2.45) is 11.7 Å². The largest absolute Gasteiger partial charge is 0.351 e. The Bertz CT molecular complexity index is 320. The van der Waals surface area contributed by atoms with E-state index in [1.165, 1.54) is 0 Å². The predicted octanol–water partition coefficient (Wildman–Crippen LogP) is -0.704. The molecule has 1 saturated heterocycles. The lowest BCUT2D eigenvalue weighted by atomic mass is 10.1. The molecule has 0 bridgehead atoms. The minimum absolute atomic E-state index is 0.000528. The summed E-state index contributed by atoms with van der Waals surface area (Å²) in [5.41, 5.74) is 5.70. The standard InChI is InChI=1S/C13H26N4O2/c1-9(2)12(14)13(19)15-7-11(18)16-10-5-4-6-17(3)8-10/h9-10,12H,4-8,14H2,1-3H3,(H,15,19)(H,16,18)/t10?,12-/m0/s1. The monoisotopic (exact) mass is 270 g/mol. The third kappa shape index (κ3) is 5.57. The first kappa shape index (κ1) is 15.9. The Labute approximate surface area is 115 Å². The Morgan fingerprint density at radius 2 is 2.11 bits per heavy atom. The number of likely N-dealkylation sites (tertiary alicyclic amines) is 1. The van der Waals surface area contributed by atoms with Crippen molar-refractivity contribution < 1.29 is 9.59 Å². The molecule has 4 N–H and O–H groups in total. The highest BCUT2D eigenvalue weighted by atomic mass is 16.2. The summed E-state index contributed by atoms with van der Waals surface area (Å²) in [6.45, 7) is 5.70. The van der Waals surface area contributed by atoms with Gasteiger partial charge in [-0.2, -0.15) is 0 Å². The first-order chi connectivity index (χ1) is 8.90. The van der Waals surface area contributed by atoms with Crippen molar-refractivity contribution in [3.8, 4) is 0 Å². The fourth-order valence-corrected chi connectivity index (χ4v) is 2.15. The molecule has 0 aromatic carbocycles. The van der Waals surface area contributed by atoms with Crippen LogP contribution in [0.15, 0.2) is 0 Å². The SMILES string of the molecule is CC(C)[C@H](N)C(=O)NCC(=O)NC1CCCN(C)C1. The molecule has 110 valence electrons. The van der Waals surface area contributed by atoms with Gasteiger partial charge in [-0.05, 0) is 32.4 Å². The van der Waals surface area contributed by atoms with Crippen LogP contribution in [0.3, 0.4) is 0 Å². The zero-order valence-corrected chi connectivity index (χ0v) is 12.1. The molecule has 0 saturated carbocycles. The van der Waals surface area contributed by atoms with Gasteiger partial charge in [-0.3, -0.25) is 9.59 Å². The van der Waals surface area contributed by atoms with Crippen molar-refractivity contribution in [1.29, 1.82) is 0 Å². The molecule has 0 aromatic rings. The second kappa shape index (κ2) is 7.45. The maximum Gasteiger partial charge on any atom is 0.239 e. The van der Waals surface area contributed by atoms with Gasteiger partial charge in [0.1, 0.15) is 0 Å². The van der Waals surface area contributed by atoms with Gasteiger partial charge in [-0.15, -0.1) is 0 Å². The van der Waals surface area contributed by atoms with Crippen molar-refractivity contribution in [1.82, 2.24) is 15.5 Å². The Balaban J connectivity index is 2.26. The summed E-state index contributed by atoms with van der Waals surface area (Å²) >= 11 is 0. The quantitative estimate of drug-likeness (QED) is 0.616. The molecule has 1 fully saturated rings. The van der Waals surface area contributed by atoms with E-state index in [4.69, 9.17) is 5.73 Å². The molecular weight excluding hydrogens is 244 g/mol. The summed E-state index contributed by atoms with van der Waals surface area (Å²) in [6, 6.07) is -0.379. The maximum absolute atomic E-state index is 11.7. The van der Waals surface area contributed by atoms with E-state index >= 15 is 0 Å². The molecule has 6 nitrogen and oxygen atoms in total. The lowest BCUT2D eigenvalue weighted by molar-refractivity contribution is -0.127. The summed E-state index contributed by atoms with van der Waals surface area (Å²) in [7, 11) is 2.04. The van der Waals surface area contributed by atoms with E-state index in [1.54, 1.807) is 0 Å². The zero-order valence-electron chi connectivity index (χ0n) is 12.1. The fourth-order valence-electron chi connectivity index (χ4n) is 2.15. The number of piperidine rings is 1. The topological polar surface area (TPSA) is 87.5 Å². The van der Waals surface area contributed by atoms with Crippen LogP contribution < -0.4 is 16.4 Å². The molecule has 0 aliphatic carbocycles. The van der Waals surface area contributed by atoms with Gasteiger partial charge in [0.2, 0.25) is 11.8 Å². The van der Waals surface area contributed by atoms with Gasteiger partial charge in [-0.25, -0.2) is 0 Å². The van der Waals surface area contributed by atoms with Gasteiger partial charge in [0.25, 0.3) is 0 Å². The number of nitrogens with zero attached hydrogens (tertiary/aromatic N) is 1. The minimum atomic E-state index is -0.561. The number of amides is 2. The van der Waals surface area contributed by atoms with Crippen LogP contribution in [-0.4, -0.2) is 55.5 Å². The lowest BCUT2D eigenvalue weighted by Crippen LogP contribution is -2.51. The Hall–Kier alpha value is -1.14. The number of carbonyl (C=O) groups excluding carboxylic acids is 2. The van der Waals surface area contributed by atoms with E-state index in [0.29, 0.717) is 0 Å². The number of likely N-dealkylation sites (N-methyl/N-ethyl adjacent to an activating group) is 1. The van der Waals surface area contributed by atoms with Gasteiger partial charge in [0.15, 0.2) is 0 Å². The molecule has 1 rings (SSSR count). The minimum Gasteiger partial charge on any atom is -0.351 e. The van der Waals surface area contributed by atoms with Crippen LogP contribution in [0.1, 0.15) is 26.7 Å². The van der Waals surface area contributed by atoms with Crippen LogP contribution in [0.5, 0.6) is 0 Å². The van der Waals surface area contributed by atoms with Crippen molar-refractivity contribution in [3.05, 3.63) is 0 Å². The number of nitrogens with one attached hydrogen (secondary N) is 2. The first-order valence-corrected chi connectivity index (χ1v) is 6.91. The van der Waals surface area contributed by atoms with Gasteiger partial charge in [0, 0.05) is 12.6 Å². The average Bonchev–Trinajstić information content (AvgIpc) is 2.34. The molecule has 1 heterocycles. The molecule has 0 spiro atoms. The molecule has 2 amide bonds. The number of hydrogen-bond acceptors (Lipinski definition) is 4. The molecule has 0 aromatic heterocycles. The number of rotatable bonds is 5. The van der Waals surface area contributed by atoms with E-state index in [0.717, 1.165) is 25.9 Å². The Morgan fingerprint density at radius 3 is 2.68 bits per heavy atom. The van der Waals surface area contributed by atoms with Crippen LogP contribution >= 0.6 is 0 Å². The van der Waals surface area contributed by atoms with Crippen molar-refractivity contribution >= 4 is 11.8 Å². The first-order valence-electron chi connectivity index (χ1n) is 6.91. The molecule has 2 atom stereocenters. The molecule has 1 aliphatic rings. The summed E-state index contributed by atoms with van der Waals surface area (Å²) in [5.74, 6) is -0.356. The van der Waals surface area contributed by atoms with E-state index in [2.05, 4.69) is 15.5 Å². The molecule has 1 unspecified atom stereocenters. The Morgan fingerprint density at radius 1 is 1.42 bits per heavy atom. The molecular formula is C13H26N4O2. The van der Waals surface area contributed by atoms with E-state index in [-0.39, 0.29) is 30.3 Å². The summed E-state index contributed by atoms with van der Waals surface area (Å²) in [4.78, 5) is 25.5. The average molecular weight is 270 g/mol. The second-order valence-corrected chi connectivity index (χ2v) is 5.66. The molecule has 19 heavy (non-hydrogen) atoms. The van der Waals surface area contributed by atoms with Crippen LogP contribution in [0.25, 0.3) is 0 Å². The molecule has 1 aliphatic heterocycles. The summed E-state index contributed by atoms with van der Waals surface area (Å²) in [5, 5.41) is 5.51. The predicted molar refractivity (Wildman–Crippen MR) is 74.5 cm³/mol. The number of nitrogens with two attached hydrogens (primary N) is 1. The summed E-state index contributed by atoms with van der Waals surface area (Å²) in [6.07, 6.45) is 2.08. The van der Waals surface area contributed by atoms with Crippen LogP contribution in [-0.2, 0) is 9.59 Å². The summed E-state index contributed by atoms with van der Waals surface area (Å²) < 4.78 is 0. The third-order valence-corrected chi connectivity index (χ3v) is 3.43. The van der Waals surface area contributed by atoms with Crippen molar-refractivity contribution in [2.75, 3.05) is 26.7 Å². The Kier molecular flexibility index (Phi) is 6.24. The third-order valence-electron chi connectivity index (χ3n) is 3.43. The highest BCUT2D eigenvalue weighted by molar-refractivity contribution is 5.87. The van der Waals surface area contributed by atoms with Crippen LogP contribution in [0, 0.1) is 5.92 Å². The zero-order chi connectivity index (χ0) is 14.4. The number of hydrogen-bond donors (Lipinski definition) is 3. The van der Waals surface area contributed by atoms with Gasteiger partial charge >= 0.3 is 0 Å². The highest BCUT2D eigenvalue weighted by Crippen LogP contribution is 2.07. The lowest BCUT2D eigenvalue weighted by Gasteiger charge is -2.30. The maximum atomic E-state index is 11.7. The normalized spacial score (nSPS) is 22.1. The van der Waals surface area contributed by atoms with Gasteiger partial charge < -0.3 is 21.3 Å². The smallest absolute Gasteiger partial charge is 0.239 e. The van der Waals surface area contributed by atoms with E-state index in [9.17, 15) is 9.59 Å². The fraction of sp³-hybridized carbons (Fsp3) is 0.846. The second-order valence-electron chi connectivity index (χ2n) is 5.66. The van der Waals surface area contributed by atoms with E-state index in [1.807, 2.05) is 20.9 Å². The van der Waals surface area contributed by atoms with Crippen molar-refractivity contribution in [2.45, 2.75) is 38.8 Å². The molecule has 0 radical (unpaired) electrons. The molecule has 6 heteroatoms. The van der Waals surface area contributed by atoms with Crippen LogP contribution in [0.4, 0.5) is 0 Å². The highest BCUT2D eigenvalue weighted by Gasteiger charge is 2.20. The van der Waals surface area contributed by atoms with Crippen LogP contribution in [0.2, 0.25) is 0 Å². The van der Waals surface area contributed by atoms with Crippen molar-refractivity contribution in [3.63, 3.8) is 0 Å². The number of carbonyl (C=O) groups is 2.